The van der Waals surface area contributed by atoms with E-state index in [1.54, 1.807) is 24.1 Å². The van der Waals surface area contributed by atoms with E-state index in [-0.39, 0.29) is 6.03 Å². The maximum absolute atomic E-state index is 11.7. The van der Waals surface area contributed by atoms with Crippen LogP contribution in [0.5, 0.6) is 0 Å². The molecule has 6 heteroatoms. The number of aryl methyl sites for hydroxylation is 1. The van der Waals surface area contributed by atoms with Gasteiger partial charge in [0, 0.05) is 19.7 Å². The molecule has 1 aromatic heterocycles. The predicted molar refractivity (Wildman–Crippen MR) is 77.2 cm³/mol. The molecular formula is C14H18N4O2. The lowest BCUT2D eigenvalue weighted by Crippen LogP contribution is -2.32. The predicted octanol–water partition coefficient (Wildman–Crippen LogP) is 1.95. The number of hydrogen-bond donors (Lipinski definition) is 2. The van der Waals surface area contributed by atoms with Gasteiger partial charge in [0.2, 0.25) is 0 Å². The highest BCUT2D eigenvalue weighted by molar-refractivity contribution is 5.88. The zero-order valence-electron chi connectivity index (χ0n) is 11.6. The molecule has 0 atom stereocenters. The van der Waals surface area contributed by atoms with Crippen molar-refractivity contribution in [2.45, 2.75) is 6.92 Å². The minimum atomic E-state index is -0.280. The van der Waals surface area contributed by atoms with Crippen molar-refractivity contribution in [2.75, 3.05) is 25.6 Å². The van der Waals surface area contributed by atoms with E-state index in [1.165, 1.54) is 0 Å². The molecule has 2 aromatic rings. The Balaban J connectivity index is 2.10. The van der Waals surface area contributed by atoms with Gasteiger partial charge in [-0.1, -0.05) is 18.2 Å². The molecule has 2 N–H and O–H groups in total. The van der Waals surface area contributed by atoms with Gasteiger partial charge < -0.3 is 10.1 Å². The number of hydrogen-bond acceptors (Lipinski definition) is 3. The molecule has 0 bridgehead atoms. The number of ether oxygens (including phenoxy) is 1. The van der Waals surface area contributed by atoms with Crippen LogP contribution >= 0.6 is 0 Å². The second-order valence-corrected chi connectivity index (χ2v) is 4.29. The van der Waals surface area contributed by atoms with Crippen LogP contribution in [0.4, 0.5) is 10.6 Å². The summed E-state index contributed by atoms with van der Waals surface area (Å²) in [4.78, 5) is 11.7. The molecule has 20 heavy (non-hydrogen) atoms. The Morgan fingerprint density at radius 2 is 2.15 bits per heavy atom. The van der Waals surface area contributed by atoms with E-state index in [4.69, 9.17) is 4.74 Å². The van der Waals surface area contributed by atoms with E-state index >= 15 is 0 Å². The molecule has 0 spiro atoms. The Hall–Kier alpha value is -2.34. The van der Waals surface area contributed by atoms with E-state index in [0.29, 0.717) is 19.0 Å². The van der Waals surface area contributed by atoms with Gasteiger partial charge in [0.15, 0.2) is 0 Å². The molecule has 6 nitrogen and oxygen atoms in total. The lowest BCUT2D eigenvalue weighted by Gasteiger charge is -2.11. The molecule has 2 rings (SSSR count). The molecule has 1 heterocycles. The highest BCUT2D eigenvalue weighted by Gasteiger charge is 2.09. The van der Waals surface area contributed by atoms with Crippen LogP contribution in [-0.4, -0.2) is 36.1 Å². The first-order chi connectivity index (χ1) is 9.72. The highest BCUT2D eigenvalue weighted by atomic mass is 16.5. The highest BCUT2D eigenvalue weighted by Crippen LogP contribution is 2.17. The molecule has 1 aromatic carbocycles. The fourth-order valence-electron chi connectivity index (χ4n) is 1.82. The number of nitrogens with one attached hydrogen (secondary N) is 2. The first-order valence-corrected chi connectivity index (χ1v) is 6.36. The van der Waals surface area contributed by atoms with Crippen molar-refractivity contribution in [3.63, 3.8) is 0 Å². The topological polar surface area (TPSA) is 68.2 Å². The van der Waals surface area contributed by atoms with Crippen molar-refractivity contribution < 1.29 is 9.53 Å². The summed E-state index contributed by atoms with van der Waals surface area (Å²) in [7, 11) is 1.59. The van der Waals surface area contributed by atoms with Crippen LogP contribution in [0.2, 0.25) is 0 Å². The van der Waals surface area contributed by atoms with Crippen LogP contribution in [0.25, 0.3) is 5.69 Å². The summed E-state index contributed by atoms with van der Waals surface area (Å²) >= 11 is 0. The summed E-state index contributed by atoms with van der Waals surface area (Å²) in [5.41, 5.74) is 2.02. The van der Waals surface area contributed by atoms with Crippen molar-refractivity contribution in [1.82, 2.24) is 15.1 Å². The SMILES string of the molecule is COCCNC(=O)Nc1ccnn1-c1ccccc1C. The van der Waals surface area contributed by atoms with Crippen LogP contribution in [-0.2, 0) is 4.74 Å². The molecule has 0 saturated carbocycles. The maximum Gasteiger partial charge on any atom is 0.320 e. The van der Waals surface area contributed by atoms with Gasteiger partial charge in [-0.15, -0.1) is 0 Å². The van der Waals surface area contributed by atoms with Gasteiger partial charge in [-0.05, 0) is 18.6 Å². The number of anilines is 1. The number of urea groups is 1. The average molecular weight is 274 g/mol. The van der Waals surface area contributed by atoms with Gasteiger partial charge in [0.25, 0.3) is 0 Å². The average Bonchev–Trinajstić information content (AvgIpc) is 2.87. The fraction of sp³-hybridized carbons (Fsp3) is 0.286. The molecule has 0 radical (unpaired) electrons. The maximum atomic E-state index is 11.7. The summed E-state index contributed by atoms with van der Waals surface area (Å²) in [6.45, 7) is 2.94. The Morgan fingerprint density at radius 1 is 1.35 bits per heavy atom. The number of carbonyl (C=O) groups is 1. The van der Waals surface area contributed by atoms with E-state index in [2.05, 4.69) is 15.7 Å². The molecule has 0 saturated heterocycles. The normalized spacial score (nSPS) is 10.3. The van der Waals surface area contributed by atoms with Crippen LogP contribution in [0.3, 0.4) is 0 Å². The molecular weight excluding hydrogens is 256 g/mol. The number of nitrogens with zero attached hydrogens (tertiary/aromatic N) is 2. The minimum Gasteiger partial charge on any atom is -0.383 e. The lowest BCUT2D eigenvalue weighted by atomic mass is 10.2. The van der Waals surface area contributed by atoms with Gasteiger partial charge in [-0.3, -0.25) is 5.32 Å². The smallest absolute Gasteiger partial charge is 0.320 e. The monoisotopic (exact) mass is 274 g/mol. The second kappa shape index (κ2) is 6.72. The van der Waals surface area contributed by atoms with Crippen molar-refractivity contribution >= 4 is 11.8 Å². The number of para-hydroxylation sites is 1. The third-order valence-electron chi connectivity index (χ3n) is 2.82. The summed E-state index contributed by atoms with van der Waals surface area (Å²) in [6.07, 6.45) is 1.65. The third-order valence-corrected chi connectivity index (χ3v) is 2.82. The summed E-state index contributed by atoms with van der Waals surface area (Å²) < 4.78 is 6.58. The van der Waals surface area contributed by atoms with Gasteiger partial charge >= 0.3 is 6.03 Å². The third kappa shape index (κ3) is 3.36. The van der Waals surface area contributed by atoms with Gasteiger partial charge in [0.05, 0.1) is 18.5 Å². The Morgan fingerprint density at radius 3 is 2.90 bits per heavy atom. The largest absolute Gasteiger partial charge is 0.383 e. The van der Waals surface area contributed by atoms with Crippen LogP contribution < -0.4 is 10.6 Å². The molecule has 0 unspecified atom stereocenters. The summed E-state index contributed by atoms with van der Waals surface area (Å²) in [6, 6.07) is 9.33. The number of amides is 2. The van der Waals surface area contributed by atoms with Crippen molar-refractivity contribution in [3.05, 3.63) is 42.1 Å². The van der Waals surface area contributed by atoms with E-state index < -0.39 is 0 Å². The zero-order chi connectivity index (χ0) is 14.4. The summed E-state index contributed by atoms with van der Waals surface area (Å²) in [5.74, 6) is 0.620. The van der Waals surface area contributed by atoms with Gasteiger partial charge in [-0.2, -0.15) is 5.10 Å². The first kappa shape index (κ1) is 14.1. The molecule has 0 aliphatic heterocycles. The first-order valence-electron chi connectivity index (χ1n) is 6.36. The van der Waals surface area contributed by atoms with Crippen LogP contribution in [0, 0.1) is 6.92 Å². The Bertz CT molecular complexity index is 580. The van der Waals surface area contributed by atoms with Gasteiger partial charge in [0.1, 0.15) is 5.82 Å². The standard InChI is InChI=1S/C14H18N4O2/c1-11-5-3-4-6-12(11)18-13(7-8-16-18)17-14(19)15-9-10-20-2/h3-8H,9-10H2,1-2H3,(H2,15,17,19). The number of benzene rings is 1. The Kier molecular flexibility index (Phi) is 4.73. The fourth-order valence-corrected chi connectivity index (χ4v) is 1.82. The molecule has 0 aliphatic rings. The molecule has 106 valence electrons. The number of carbonyl (C=O) groups excluding carboxylic acids is 1. The van der Waals surface area contributed by atoms with Crippen LogP contribution in [0.1, 0.15) is 5.56 Å². The van der Waals surface area contributed by atoms with Crippen molar-refractivity contribution in [3.8, 4) is 5.69 Å². The Labute approximate surface area is 117 Å². The van der Waals surface area contributed by atoms with Crippen LogP contribution in [0.15, 0.2) is 36.5 Å². The zero-order valence-corrected chi connectivity index (χ0v) is 11.6. The second-order valence-electron chi connectivity index (χ2n) is 4.29. The van der Waals surface area contributed by atoms with Crippen molar-refractivity contribution in [2.24, 2.45) is 0 Å². The van der Waals surface area contributed by atoms with Crippen molar-refractivity contribution in [1.29, 1.82) is 0 Å². The number of rotatable bonds is 5. The lowest BCUT2D eigenvalue weighted by molar-refractivity contribution is 0.198. The molecule has 0 aliphatic carbocycles. The molecule has 2 amide bonds. The van der Waals surface area contributed by atoms with E-state index in [0.717, 1.165) is 11.3 Å². The van der Waals surface area contributed by atoms with E-state index in [9.17, 15) is 4.79 Å². The number of aromatic nitrogens is 2. The van der Waals surface area contributed by atoms with Gasteiger partial charge in [-0.25, -0.2) is 9.48 Å². The molecule has 0 fully saturated rings. The number of methoxy groups -OCH3 is 1. The summed E-state index contributed by atoms with van der Waals surface area (Å²) in [5, 5.41) is 9.72. The minimum absolute atomic E-state index is 0.280. The van der Waals surface area contributed by atoms with E-state index in [1.807, 2.05) is 31.2 Å². The quantitative estimate of drug-likeness (QED) is 0.819.